The van der Waals surface area contributed by atoms with Crippen molar-refractivity contribution in [3.8, 4) is 17.5 Å². The number of ether oxygens (including phenoxy) is 2. The second kappa shape index (κ2) is 5.56. The van der Waals surface area contributed by atoms with Crippen LogP contribution in [0.15, 0.2) is 24.3 Å². The number of nitrogens with zero attached hydrogens (tertiary/aromatic N) is 2. The van der Waals surface area contributed by atoms with Crippen LogP contribution >= 0.6 is 0 Å². The summed E-state index contributed by atoms with van der Waals surface area (Å²) < 4.78 is 10.8. The van der Waals surface area contributed by atoms with Gasteiger partial charge in [0.25, 0.3) is 0 Å². The number of nitrogen functional groups attached to an aromatic ring is 1. The van der Waals surface area contributed by atoms with Crippen LogP contribution in [0.4, 0.5) is 5.69 Å². The molecule has 2 heterocycles. The van der Waals surface area contributed by atoms with Crippen molar-refractivity contribution < 1.29 is 9.47 Å². The molecule has 2 aromatic rings. The van der Waals surface area contributed by atoms with Crippen molar-refractivity contribution in [2.45, 2.75) is 20.3 Å². The van der Waals surface area contributed by atoms with Crippen LogP contribution in [0.3, 0.4) is 0 Å². The summed E-state index contributed by atoms with van der Waals surface area (Å²) in [6.07, 6.45) is 0.779. The molecule has 0 aliphatic heterocycles. The van der Waals surface area contributed by atoms with Gasteiger partial charge in [0.1, 0.15) is 0 Å². The first-order valence-corrected chi connectivity index (χ1v) is 6.09. The summed E-state index contributed by atoms with van der Waals surface area (Å²) in [4.78, 5) is 8.62. The summed E-state index contributed by atoms with van der Waals surface area (Å²) in [6, 6.07) is 7.16. The lowest BCUT2D eigenvalue weighted by Gasteiger charge is -2.11. The molecular weight excluding hydrogens is 242 g/mol. The second-order valence-electron chi connectivity index (χ2n) is 4.10. The zero-order valence-corrected chi connectivity index (χ0v) is 11.3. The number of aryl methyl sites for hydroxylation is 2. The molecule has 0 aliphatic carbocycles. The Bertz CT molecular complexity index is 585. The first-order valence-electron chi connectivity index (χ1n) is 6.09. The van der Waals surface area contributed by atoms with E-state index >= 15 is 0 Å². The van der Waals surface area contributed by atoms with Crippen LogP contribution in [0.2, 0.25) is 0 Å². The van der Waals surface area contributed by atoms with Crippen molar-refractivity contribution in [3.05, 3.63) is 35.7 Å². The third kappa shape index (κ3) is 2.93. The van der Waals surface area contributed by atoms with Gasteiger partial charge < -0.3 is 15.2 Å². The molecule has 0 unspecified atom stereocenters. The molecule has 100 valence electrons. The van der Waals surface area contributed by atoms with Crippen molar-refractivity contribution in [1.82, 2.24) is 9.97 Å². The maximum Gasteiger partial charge on any atom is 0.246 e. The minimum absolute atomic E-state index is 0.333. The highest BCUT2D eigenvalue weighted by molar-refractivity contribution is 5.51. The molecule has 0 fully saturated rings. The molecule has 0 atom stereocenters. The minimum Gasteiger partial charge on any atom is -0.481 e. The Balaban J connectivity index is 2.35. The minimum atomic E-state index is 0.333. The highest BCUT2D eigenvalue weighted by atomic mass is 16.5. The van der Waals surface area contributed by atoms with Crippen LogP contribution in [0.25, 0.3) is 0 Å². The number of anilines is 1. The lowest BCUT2D eigenvalue weighted by molar-refractivity contribution is 0.383. The average molecular weight is 259 g/mol. The van der Waals surface area contributed by atoms with Gasteiger partial charge in [-0.2, -0.15) is 4.98 Å². The molecule has 2 aromatic heterocycles. The second-order valence-corrected chi connectivity index (χ2v) is 4.10. The first kappa shape index (κ1) is 13.1. The third-order valence-corrected chi connectivity index (χ3v) is 2.69. The van der Waals surface area contributed by atoms with Crippen molar-refractivity contribution in [1.29, 1.82) is 0 Å². The number of hydrogen-bond donors (Lipinski definition) is 1. The van der Waals surface area contributed by atoms with Crippen molar-refractivity contribution >= 4 is 5.69 Å². The largest absolute Gasteiger partial charge is 0.481 e. The van der Waals surface area contributed by atoms with Gasteiger partial charge in [-0.15, -0.1) is 0 Å². The van der Waals surface area contributed by atoms with E-state index < -0.39 is 0 Å². The molecule has 0 spiro atoms. The fraction of sp³-hybridized carbons (Fsp3) is 0.286. The summed E-state index contributed by atoms with van der Waals surface area (Å²) in [5.74, 6) is 1.46. The Labute approximate surface area is 112 Å². The monoisotopic (exact) mass is 259 g/mol. The Morgan fingerprint density at radius 3 is 2.63 bits per heavy atom. The molecule has 0 aromatic carbocycles. The molecule has 5 heteroatoms. The average Bonchev–Trinajstić information content (AvgIpc) is 2.43. The maximum absolute atomic E-state index is 5.85. The summed E-state index contributed by atoms with van der Waals surface area (Å²) in [5.41, 5.74) is 8.14. The summed E-state index contributed by atoms with van der Waals surface area (Å²) >= 11 is 0. The van der Waals surface area contributed by atoms with Crippen LogP contribution < -0.4 is 15.2 Å². The van der Waals surface area contributed by atoms with E-state index in [1.165, 1.54) is 0 Å². The maximum atomic E-state index is 5.85. The lowest BCUT2D eigenvalue weighted by atomic mass is 10.2. The van der Waals surface area contributed by atoms with E-state index in [9.17, 15) is 0 Å². The van der Waals surface area contributed by atoms with Gasteiger partial charge in [-0.05, 0) is 31.5 Å². The topological polar surface area (TPSA) is 70.3 Å². The molecule has 0 saturated carbocycles. The molecule has 0 saturated heterocycles. The molecule has 0 aliphatic rings. The molecule has 0 bridgehead atoms. The molecule has 0 amide bonds. The van der Waals surface area contributed by atoms with Crippen molar-refractivity contribution in [2.24, 2.45) is 0 Å². The fourth-order valence-electron chi connectivity index (χ4n) is 1.68. The Hall–Kier alpha value is -2.30. The van der Waals surface area contributed by atoms with Crippen molar-refractivity contribution in [3.63, 3.8) is 0 Å². The Morgan fingerprint density at radius 1 is 1.16 bits per heavy atom. The smallest absolute Gasteiger partial charge is 0.246 e. The first-order chi connectivity index (χ1) is 9.13. The lowest BCUT2D eigenvalue weighted by Crippen LogP contribution is -2.00. The zero-order chi connectivity index (χ0) is 13.8. The van der Waals surface area contributed by atoms with Crippen LogP contribution in [0.5, 0.6) is 17.5 Å². The fourth-order valence-corrected chi connectivity index (χ4v) is 1.68. The third-order valence-electron chi connectivity index (χ3n) is 2.69. The van der Waals surface area contributed by atoms with Gasteiger partial charge in [-0.25, -0.2) is 0 Å². The standard InChI is InChI=1S/C14H17N3O2/c1-4-11-12(7-5-9(2)16-11)19-14-10(15)6-8-13(17-14)18-3/h5-8H,4,15H2,1-3H3. The molecular formula is C14H17N3O2. The molecule has 2 rings (SSSR count). The van der Waals surface area contributed by atoms with Crippen LogP contribution in [0.1, 0.15) is 18.3 Å². The van der Waals surface area contributed by atoms with E-state index in [-0.39, 0.29) is 0 Å². The normalized spacial score (nSPS) is 10.3. The van der Waals surface area contributed by atoms with Crippen LogP contribution in [-0.4, -0.2) is 17.1 Å². The van der Waals surface area contributed by atoms with Gasteiger partial charge in [0, 0.05) is 11.8 Å². The van der Waals surface area contributed by atoms with Crippen LogP contribution in [0, 0.1) is 6.92 Å². The molecule has 19 heavy (non-hydrogen) atoms. The molecule has 2 N–H and O–H groups in total. The quantitative estimate of drug-likeness (QED) is 0.914. The number of pyridine rings is 2. The highest BCUT2D eigenvalue weighted by Crippen LogP contribution is 2.29. The van der Waals surface area contributed by atoms with E-state index in [1.807, 2.05) is 26.0 Å². The number of nitrogens with two attached hydrogens (primary N) is 1. The van der Waals surface area contributed by atoms with Crippen LogP contribution in [-0.2, 0) is 6.42 Å². The van der Waals surface area contributed by atoms with Gasteiger partial charge in [0.05, 0.1) is 18.5 Å². The predicted molar refractivity (Wildman–Crippen MR) is 73.6 cm³/mol. The molecule has 0 radical (unpaired) electrons. The van der Waals surface area contributed by atoms with Gasteiger partial charge in [-0.3, -0.25) is 4.98 Å². The van der Waals surface area contributed by atoms with E-state index in [4.69, 9.17) is 15.2 Å². The Morgan fingerprint density at radius 2 is 1.95 bits per heavy atom. The molecule has 5 nitrogen and oxygen atoms in total. The van der Waals surface area contributed by atoms with E-state index in [1.54, 1.807) is 19.2 Å². The Kier molecular flexibility index (Phi) is 3.85. The van der Waals surface area contributed by atoms with Gasteiger partial charge >= 0.3 is 0 Å². The number of hydrogen-bond acceptors (Lipinski definition) is 5. The van der Waals surface area contributed by atoms with E-state index in [2.05, 4.69) is 9.97 Å². The van der Waals surface area contributed by atoms with E-state index in [0.717, 1.165) is 17.8 Å². The summed E-state index contributed by atoms with van der Waals surface area (Å²) in [7, 11) is 1.55. The van der Waals surface area contributed by atoms with Gasteiger partial charge in [0.2, 0.25) is 11.8 Å². The number of rotatable bonds is 4. The highest BCUT2D eigenvalue weighted by Gasteiger charge is 2.10. The number of aromatic nitrogens is 2. The van der Waals surface area contributed by atoms with Gasteiger partial charge in [-0.1, -0.05) is 6.92 Å². The van der Waals surface area contributed by atoms with Crippen molar-refractivity contribution in [2.75, 3.05) is 12.8 Å². The number of methoxy groups -OCH3 is 1. The summed E-state index contributed by atoms with van der Waals surface area (Å²) in [6.45, 7) is 3.97. The zero-order valence-electron chi connectivity index (χ0n) is 11.3. The summed E-state index contributed by atoms with van der Waals surface area (Å²) in [5, 5.41) is 0. The predicted octanol–water partition coefficient (Wildman–Crippen LogP) is 2.73. The van der Waals surface area contributed by atoms with Gasteiger partial charge in [0.15, 0.2) is 5.75 Å². The van der Waals surface area contributed by atoms with E-state index in [0.29, 0.717) is 23.2 Å². The SMILES string of the molecule is CCc1nc(C)ccc1Oc1nc(OC)ccc1N.